The topological polar surface area (TPSA) is 73.8 Å². The summed E-state index contributed by atoms with van der Waals surface area (Å²) in [4.78, 5) is 6.45. The average Bonchev–Trinajstić information content (AvgIpc) is 3.17. The molecule has 1 atom stereocenters. The lowest BCUT2D eigenvalue weighted by atomic mass is 10.2. The predicted molar refractivity (Wildman–Crippen MR) is 135 cm³/mol. The molecule has 31 heavy (non-hydrogen) atoms. The van der Waals surface area contributed by atoms with Gasteiger partial charge in [-0.15, -0.1) is 24.0 Å². The summed E-state index contributed by atoms with van der Waals surface area (Å²) in [6.45, 7) is 6.55. The quantitative estimate of drug-likeness (QED) is 0.309. The molecule has 3 rings (SSSR count). The molecular weight excluding hydrogens is 530 g/mol. The van der Waals surface area contributed by atoms with E-state index in [0.29, 0.717) is 12.5 Å². The van der Waals surface area contributed by atoms with Crippen molar-refractivity contribution in [3.8, 4) is 0 Å². The lowest BCUT2D eigenvalue weighted by Crippen LogP contribution is -2.44. The van der Waals surface area contributed by atoms with E-state index in [0.717, 1.165) is 25.6 Å². The fourth-order valence-electron chi connectivity index (χ4n) is 3.47. The summed E-state index contributed by atoms with van der Waals surface area (Å²) >= 11 is 0. The number of anilines is 1. The van der Waals surface area contributed by atoms with Gasteiger partial charge in [-0.05, 0) is 44.5 Å². The van der Waals surface area contributed by atoms with E-state index in [-0.39, 0.29) is 47.2 Å². The molecule has 2 aromatic rings. The molecule has 0 spiro atoms. The van der Waals surface area contributed by atoms with Crippen LogP contribution in [0.3, 0.4) is 0 Å². The van der Waals surface area contributed by atoms with Crippen molar-refractivity contribution in [2.24, 2.45) is 4.99 Å². The predicted octanol–water partition coefficient (Wildman–Crippen LogP) is 3.36. The minimum atomic E-state index is -3.72. The third-order valence-corrected chi connectivity index (χ3v) is 6.80. The number of halogens is 2. The van der Waals surface area contributed by atoms with Gasteiger partial charge in [-0.25, -0.2) is 12.8 Å². The zero-order valence-corrected chi connectivity index (χ0v) is 21.0. The van der Waals surface area contributed by atoms with E-state index in [1.165, 1.54) is 29.4 Å². The number of hydrogen-bond acceptors (Lipinski definition) is 4. The fraction of sp³-hybridized carbons (Fsp3) is 0.409. The molecule has 0 amide bonds. The number of aryl methyl sites for hydroxylation is 1. The van der Waals surface area contributed by atoms with E-state index < -0.39 is 15.7 Å². The van der Waals surface area contributed by atoms with Crippen molar-refractivity contribution in [2.75, 3.05) is 36.8 Å². The summed E-state index contributed by atoms with van der Waals surface area (Å²) in [5, 5.41) is 6.55. The molecule has 0 aliphatic carbocycles. The van der Waals surface area contributed by atoms with Crippen molar-refractivity contribution in [2.45, 2.75) is 31.2 Å². The molecule has 0 bridgehead atoms. The van der Waals surface area contributed by atoms with E-state index in [2.05, 4.69) is 51.7 Å². The Hall–Kier alpha value is -1.88. The van der Waals surface area contributed by atoms with Crippen LogP contribution >= 0.6 is 24.0 Å². The van der Waals surface area contributed by atoms with E-state index in [1.54, 1.807) is 0 Å². The summed E-state index contributed by atoms with van der Waals surface area (Å²) in [5.74, 6) is -0.393. The summed E-state index contributed by atoms with van der Waals surface area (Å²) < 4.78 is 38.6. The number of benzene rings is 2. The maximum Gasteiger partial charge on any atom is 0.191 e. The second-order valence-corrected chi connectivity index (χ2v) is 9.50. The molecule has 1 fully saturated rings. The molecule has 1 saturated heterocycles. The molecule has 2 N–H and O–H groups in total. The van der Waals surface area contributed by atoms with Gasteiger partial charge < -0.3 is 15.5 Å². The number of guanidine groups is 1. The van der Waals surface area contributed by atoms with Crippen LogP contribution in [0, 0.1) is 12.7 Å². The highest BCUT2D eigenvalue weighted by Gasteiger charge is 2.24. The lowest BCUT2D eigenvalue weighted by Gasteiger charge is -2.20. The van der Waals surface area contributed by atoms with Crippen LogP contribution in [0.2, 0.25) is 0 Å². The SMILES string of the molecule is CCNC(=NCCS(=O)(=O)c1ccccc1F)NC1CCN(c2ccc(C)cc2)C1.I. The molecule has 0 aromatic heterocycles. The van der Waals surface area contributed by atoms with E-state index in [9.17, 15) is 12.8 Å². The maximum atomic E-state index is 13.8. The molecule has 1 aliphatic heterocycles. The number of aliphatic imine (C=N–C) groups is 1. The van der Waals surface area contributed by atoms with Gasteiger partial charge in [-0.3, -0.25) is 4.99 Å². The maximum absolute atomic E-state index is 13.8. The number of sulfone groups is 1. The normalized spacial score (nSPS) is 16.7. The van der Waals surface area contributed by atoms with Gasteiger partial charge in [0.05, 0.1) is 12.3 Å². The van der Waals surface area contributed by atoms with Gasteiger partial charge in [0.2, 0.25) is 0 Å². The highest BCUT2D eigenvalue weighted by Crippen LogP contribution is 2.20. The third kappa shape index (κ3) is 7.06. The lowest BCUT2D eigenvalue weighted by molar-refractivity contribution is 0.567. The summed E-state index contributed by atoms with van der Waals surface area (Å²) in [7, 11) is -3.72. The van der Waals surface area contributed by atoms with Crippen LogP contribution in [-0.2, 0) is 9.84 Å². The van der Waals surface area contributed by atoms with Gasteiger partial charge in [-0.2, -0.15) is 0 Å². The van der Waals surface area contributed by atoms with E-state index in [1.807, 2.05) is 6.92 Å². The summed E-state index contributed by atoms with van der Waals surface area (Å²) in [5.41, 5.74) is 2.43. The molecule has 1 heterocycles. The highest BCUT2D eigenvalue weighted by molar-refractivity contribution is 14.0. The molecule has 0 radical (unpaired) electrons. The molecule has 1 unspecified atom stereocenters. The monoisotopic (exact) mass is 560 g/mol. The molecule has 1 aliphatic rings. The Balaban J connectivity index is 0.00000341. The fourth-order valence-corrected chi connectivity index (χ4v) is 4.67. The first-order valence-electron chi connectivity index (χ1n) is 10.2. The van der Waals surface area contributed by atoms with Crippen molar-refractivity contribution in [3.63, 3.8) is 0 Å². The molecule has 9 heteroatoms. The van der Waals surface area contributed by atoms with Crippen LogP contribution in [0.25, 0.3) is 0 Å². The zero-order valence-electron chi connectivity index (χ0n) is 17.8. The largest absolute Gasteiger partial charge is 0.369 e. The Morgan fingerprint density at radius 2 is 1.90 bits per heavy atom. The minimum Gasteiger partial charge on any atom is -0.369 e. The minimum absolute atomic E-state index is 0. The van der Waals surface area contributed by atoms with Crippen molar-refractivity contribution in [1.82, 2.24) is 10.6 Å². The second kappa shape index (κ2) is 11.7. The Morgan fingerprint density at radius 1 is 1.19 bits per heavy atom. The first kappa shape index (κ1) is 25.4. The number of rotatable bonds is 7. The van der Waals surface area contributed by atoms with E-state index >= 15 is 0 Å². The standard InChI is InChI=1S/C22H29FN4O2S.HI/c1-3-24-22(25-13-15-30(28,29)21-7-5-4-6-20(21)23)26-18-12-14-27(16-18)19-10-8-17(2)9-11-19;/h4-11,18H,3,12-16H2,1-2H3,(H2,24,25,26);1H. The van der Waals surface area contributed by atoms with E-state index in [4.69, 9.17) is 0 Å². The van der Waals surface area contributed by atoms with Crippen LogP contribution in [0.1, 0.15) is 18.9 Å². The van der Waals surface area contributed by atoms with Crippen LogP contribution < -0.4 is 15.5 Å². The Labute approximate surface area is 201 Å². The van der Waals surface area contributed by atoms with Gasteiger partial charge >= 0.3 is 0 Å². The van der Waals surface area contributed by atoms with Gasteiger partial charge in [0.1, 0.15) is 10.7 Å². The number of hydrogen-bond donors (Lipinski definition) is 2. The highest BCUT2D eigenvalue weighted by atomic mass is 127. The average molecular weight is 560 g/mol. The van der Waals surface area contributed by atoms with Crippen molar-refractivity contribution in [1.29, 1.82) is 0 Å². The molecular formula is C22H30FIN4O2S. The van der Waals surface area contributed by atoms with Crippen molar-refractivity contribution >= 4 is 45.5 Å². The van der Waals surface area contributed by atoms with Gasteiger partial charge in [0, 0.05) is 31.4 Å². The first-order chi connectivity index (χ1) is 14.4. The molecule has 6 nitrogen and oxygen atoms in total. The number of nitrogens with one attached hydrogen (secondary N) is 2. The summed E-state index contributed by atoms with van der Waals surface area (Å²) in [6.07, 6.45) is 0.964. The first-order valence-corrected chi connectivity index (χ1v) is 11.9. The Bertz CT molecular complexity index is 983. The molecule has 2 aromatic carbocycles. The van der Waals surface area contributed by atoms with Gasteiger partial charge in [-0.1, -0.05) is 29.8 Å². The van der Waals surface area contributed by atoms with Crippen molar-refractivity contribution < 1.29 is 12.8 Å². The Morgan fingerprint density at radius 3 is 2.58 bits per heavy atom. The second-order valence-electron chi connectivity index (χ2n) is 7.42. The van der Waals surface area contributed by atoms with Crippen molar-refractivity contribution in [3.05, 3.63) is 59.9 Å². The Kier molecular flexibility index (Phi) is 9.54. The third-order valence-electron chi connectivity index (χ3n) is 5.07. The summed E-state index contributed by atoms with van der Waals surface area (Å²) in [6, 6.07) is 14.1. The zero-order chi connectivity index (χ0) is 21.6. The number of nitrogens with zero attached hydrogens (tertiary/aromatic N) is 2. The smallest absolute Gasteiger partial charge is 0.191 e. The molecule has 0 saturated carbocycles. The van der Waals surface area contributed by atoms with Crippen LogP contribution in [-0.4, -0.2) is 52.4 Å². The molecule has 170 valence electrons. The van der Waals surface area contributed by atoms with Crippen LogP contribution in [0.15, 0.2) is 58.4 Å². The van der Waals surface area contributed by atoms with Crippen LogP contribution in [0.5, 0.6) is 0 Å². The van der Waals surface area contributed by atoms with Gasteiger partial charge in [0.25, 0.3) is 0 Å². The van der Waals surface area contributed by atoms with Crippen LogP contribution in [0.4, 0.5) is 10.1 Å². The van der Waals surface area contributed by atoms with Gasteiger partial charge in [0.15, 0.2) is 15.8 Å².